The highest BCUT2D eigenvalue weighted by atomic mass is 19.1. The minimum absolute atomic E-state index is 0.234. The van der Waals surface area contributed by atoms with Gasteiger partial charge in [0.1, 0.15) is 12.4 Å². The molecule has 0 fully saturated rings. The van der Waals surface area contributed by atoms with Crippen LogP contribution in [0.15, 0.2) is 53.5 Å². The molecular weight excluding hydrogens is 343 g/mol. The van der Waals surface area contributed by atoms with Gasteiger partial charge < -0.3 is 9.57 Å². The van der Waals surface area contributed by atoms with E-state index in [4.69, 9.17) is 9.57 Å². The first kappa shape index (κ1) is 19.0. The van der Waals surface area contributed by atoms with Gasteiger partial charge in [-0.05, 0) is 70.7 Å². The minimum Gasteiger partial charge on any atom is -0.396 e. The molecule has 1 aromatic carbocycles. The van der Waals surface area contributed by atoms with Crippen molar-refractivity contribution in [1.82, 2.24) is 4.98 Å². The fourth-order valence-electron chi connectivity index (χ4n) is 3.18. The Labute approximate surface area is 159 Å². The number of ether oxygens (including phenoxy) is 1. The van der Waals surface area contributed by atoms with Crippen molar-refractivity contribution < 1.29 is 14.0 Å². The molecule has 3 rings (SSSR count). The summed E-state index contributed by atoms with van der Waals surface area (Å²) in [7, 11) is 1.65. The smallest absolute Gasteiger partial charge is 0.123 e. The second kappa shape index (κ2) is 9.24. The molecule has 0 amide bonds. The van der Waals surface area contributed by atoms with Crippen LogP contribution < -0.4 is 0 Å². The summed E-state index contributed by atoms with van der Waals surface area (Å²) in [6.45, 7) is 3.13. The fourth-order valence-corrected chi connectivity index (χ4v) is 3.18. The van der Waals surface area contributed by atoms with Gasteiger partial charge in [0.15, 0.2) is 0 Å². The van der Waals surface area contributed by atoms with E-state index in [0.29, 0.717) is 26.1 Å². The second-order valence-corrected chi connectivity index (χ2v) is 6.28. The summed E-state index contributed by atoms with van der Waals surface area (Å²) in [6, 6.07) is 8.87. The number of fused-ring (bicyclic) bond motifs is 1. The van der Waals surface area contributed by atoms with Crippen molar-refractivity contribution in [2.45, 2.75) is 19.8 Å². The van der Waals surface area contributed by atoms with Crippen LogP contribution in [0.25, 0.3) is 17.2 Å². The molecule has 0 spiro atoms. The lowest BCUT2D eigenvalue weighted by Gasteiger charge is -2.06. The minimum atomic E-state index is -0.234. The molecule has 0 saturated heterocycles. The number of hydrogen-bond donors (Lipinski definition) is 0. The first-order valence-corrected chi connectivity index (χ1v) is 8.95. The molecule has 1 heterocycles. The number of pyridine rings is 1. The number of oxime groups is 1. The Kier molecular flexibility index (Phi) is 6.49. The largest absolute Gasteiger partial charge is 0.396 e. The summed E-state index contributed by atoms with van der Waals surface area (Å²) < 4.78 is 18.8. The lowest BCUT2D eigenvalue weighted by atomic mass is 10.0. The van der Waals surface area contributed by atoms with Gasteiger partial charge in [-0.25, -0.2) is 4.39 Å². The van der Waals surface area contributed by atoms with Crippen molar-refractivity contribution >= 4 is 23.4 Å². The number of benzene rings is 1. The van der Waals surface area contributed by atoms with Gasteiger partial charge in [0.05, 0.1) is 6.61 Å². The maximum absolute atomic E-state index is 13.9. The van der Waals surface area contributed by atoms with Crippen LogP contribution in [-0.2, 0) is 9.57 Å². The van der Waals surface area contributed by atoms with Gasteiger partial charge in [0.25, 0.3) is 0 Å². The molecule has 0 unspecified atom stereocenters. The van der Waals surface area contributed by atoms with E-state index in [1.165, 1.54) is 6.07 Å². The Bertz CT molecular complexity index is 873. The average Bonchev–Trinajstić information content (AvgIpc) is 2.93. The van der Waals surface area contributed by atoms with Crippen LogP contribution in [0.5, 0.6) is 0 Å². The molecule has 0 bridgehead atoms. The lowest BCUT2D eigenvalue weighted by Crippen LogP contribution is -1.94. The number of rotatable bonds is 8. The standard InChI is InChI=1S/C22H23FN2O2/c1-16-19(8-13-27-25-9-3-12-26-2)22-15-18(23)4-5-20(22)21(16)14-17-6-10-24-11-7-17/h4-7,9-11,14-15H,3,8,12-13H2,1-2H3/b21-14-,25-9?. The normalized spacial score (nSPS) is 15.0. The van der Waals surface area contributed by atoms with Gasteiger partial charge in [0, 0.05) is 38.6 Å². The summed E-state index contributed by atoms with van der Waals surface area (Å²) in [4.78, 5) is 9.41. The molecule has 0 radical (unpaired) electrons. The van der Waals surface area contributed by atoms with Gasteiger partial charge in [0.2, 0.25) is 0 Å². The highest BCUT2D eigenvalue weighted by molar-refractivity contribution is 6.05. The molecule has 1 aromatic heterocycles. The second-order valence-electron chi connectivity index (χ2n) is 6.28. The predicted octanol–water partition coefficient (Wildman–Crippen LogP) is 4.98. The number of nitrogens with zero attached hydrogens (tertiary/aromatic N) is 2. The van der Waals surface area contributed by atoms with Crippen LogP contribution >= 0.6 is 0 Å². The van der Waals surface area contributed by atoms with E-state index in [2.05, 4.69) is 23.1 Å². The Morgan fingerprint density at radius 2 is 1.93 bits per heavy atom. The van der Waals surface area contributed by atoms with Gasteiger partial charge in [-0.15, -0.1) is 0 Å². The van der Waals surface area contributed by atoms with Crippen molar-refractivity contribution in [1.29, 1.82) is 0 Å². The molecule has 27 heavy (non-hydrogen) atoms. The Morgan fingerprint density at radius 3 is 2.70 bits per heavy atom. The van der Waals surface area contributed by atoms with Crippen LogP contribution in [-0.4, -0.2) is 31.5 Å². The average molecular weight is 366 g/mol. The third-order valence-corrected chi connectivity index (χ3v) is 4.51. The van der Waals surface area contributed by atoms with Crippen LogP contribution in [0.4, 0.5) is 4.39 Å². The first-order valence-electron chi connectivity index (χ1n) is 8.95. The first-order chi connectivity index (χ1) is 13.2. The summed E-state index contributed by atoms with van der Waals surface area (Å²) in [6.07, 6.45) is 8.72. The Balaban J connectivity index is 1.80. The van der Waals surface area contributed by atoms with Crippen LogP contribution in [0.2, 0.25) is 0 Å². The van der Waals surface area contributed by atoms with Crippen molar-refractivity contribution in [2.75, 3.05) is 20.3 Å². The molecule has 140 valence electrons. The van der Waals surface area contributed by atoms with Crippen molar-refractivity contribution in [2.24, 2.45) is 5.16 Å². The number of methoxy groups -OCH3 is 1. The van der Waals surface area contributed by atoms with E-state index in [1.807, 2.05) is 18.2 Å². The molecule has 0 aliphatic heterocycles. The van der Waals surface area contributed by atoms with E-state index in [9.17, 15) is 4.39 Å². The number of hydrogen-bond acceptors (Lipinski definition) is 4. The van der Waals surface area contributed by atoms with E-state index in [-0.39, 0.29) is 5.82 Å². The summed E-state index contributed by atoms with van der Waals surface area (Å²) in [5, 5.41) is 3.93. The summed E-state index contributed by atoms with van der Waals surface area (Å²) >= 11 is 0. The third-order valence-electron chi connectivity index (χ3n) is 4.51. The van der Waals surface area contributed by atoms with E-state index in [0.717, 1.165) is 33.4 Å². The predicted molar refractivity (Wildman–Crippen MR) is 107 cm³/mol. The molecule has 0 atom stereocenters. The third kappa shape index (κ3) is 4.68. The lowest BCUT2D eigenvalue weighted by molar-refractivity contribution is 0.150. The van der Waals surface area contributed by atoms with Gasteiger partial charge in [-0.1, -0.05) is 11.2 Å². The van der Waals surface area contributed by atoms with Gasteiger partial charge in [-0.2, -0.15) is 0 Å². The fraction of sp³-hybridized carbons (Fsp3) is 0.273. The van der Waals surface area contributed by atoms with E-state index < -0.39 is 0 Å². The maximum Gasteiger partial charge on any atom is 0.123 e. The van der Waals surface area contributed by atoms with Gasteiger partial charge in [-0.3, -0.25) is 4.98 Å². The Hall–Kier alpha value is -2.79. The number of allylic oxidation sites excluding steroid dienone is 2. The molecule has 0 saturated carbocycles. The topological polar surface area (TPSA) is 43.7 Å². The Morgan fingerprint density at radius 1 is 1.11 bits per heavy atom. The quantitative estimate of drug-likeness (QED) is 0.376. The monoisotopic (exact) mass is 366 g/mol. The number of aromatic nitrogens is 1. The molecule has 1 aliphatic rings. The van der Waals surface area contributed by atoms with E-state index in [1.54, 1.807) is 31.8 Å². The van der Waals surface area contributed by atoms with Crippen molar-refractivity contribution in [3.63, 3.8) is 0 Å². The van der Waals surface area contributed by atoms with E-state index >= 15 is 0 Å². The van der Waals surface area contributed by atoms with Crippen LogP contribution in [0.3, 0.4) is 0 Å². The number of halogens is 1. The highest BCUT2D eigenvalue weighted by Gasteiger charge is 2.24. The van der Waals surface area contributed by atoms with Crippen molar-refractivity contribution in [3.8, 4) is 0 Å². The zero-order chi connectivity index (χ0) is 19.1. The zero-order valence-electron chi connectivity index (χ0n) is 15.6. The summed E-state index contributed by atoms with van der Waals surface area (Å²) in [5.74, 6) is -0.234. The van der Waals surface area contributed by atoms with Crippen LogP contribution in [0.1, 0.15) is 36.5 Å². The maximum atomic E-state index is 13.9. The summed E-state index contributed by atoms with van der Waals surface area (Å²) in [5.41, 5.74) is 6.38. The molecule has 2 aromatic rings. The molecule has 4 nitrogen and oxygen atoms in total. The molecule has 5 heteroatoms. The van der Waals surface area contributed by atoms with Crippen molar-refractivity contribution in [3.05, 3.63) is 70.8 Å². The highest BCUT2D eigenvalue weighted by Crippen LogP contribution is 2.43. The molecule has 0 N–H and O–H groups in total. The molecular formula is C22H23FN2O2. The zero-order valence-corrected chi connectivity index (χ0v) is 15.6. The van der Waals surface area contributed by atoms with Crippen LogP contribution in [0, 0.1) is 5.82 Å². The molecule has 1 aliphatic carbocycles. The van der Waals surface area contributed by atoms with Gasteiger partial charge >= 0.3 is 0 Å². The SMILES string of the molecule is COCCC=NOCCC1=C(C)/C(=C/c2ccncc2)c2ccc(F)cc21.